The highest BCUT2D eigenvalue weighted by atomic mass is 16.6. The average Bonchev–Trinajstić information content (AvgIpc) is 2.03. The molecule has 0 saturated carbocycles. The second-order valence-electron chi connectivity index (χ2n) is 4.02. The average molecular weight is 195 g/mol. The standard InChI is InChI=1S/C10H13NO2.CH4/c1-10(2,3)8-6-4-5-7-9(8)11(12)13;/h4-7H,1-3H3;1H4. The largest absolute Gasteiger partial charge is 0.273 e. The van der Waals surface area contributed by atoms with Crippen LogP contribution >= 0.6 is 0 Å². The molecule has 0 aromatic heterocycles. The van der Waals surface area contributed by atoms with Crippen LogP contribution in [0.2, 0.25) is 0 Å². The fourth-order valence-electron chi connectivity index (χ4n) is 1.27. The third-order valence-electron chi connectivity index (χ3n) is 1.91. The van der Waals surface area contributed by atoms with Crippen LogP contribution in [0.15, 0.2) is 24.3 Å². The van der Waals surface area contributed by atoms with Crippen molar-refractivity contribution in [1.82, 2.24) is 0 Å². The molecule has 14 heavy (non-hydrogen) atoms. The van der Waals surface area contributed by atoms with E-state index in [1.165, 1.54) is 0 Å². The molecule has 0 heterocycles. The highest BCUT2D eigenvalue weighted by molar-refractivity contribution is 5.43. The van der Waals surface area contributed by atoms with Gasteiger partial charge >= 0.3 is 0 Å². The van der Waals surface area contributed by atoms with Gasteiger partial charge in [0.1, 0.15) is 0 Å². The summed E-state index contributed by atoms with van der Waals surface area (Å²) < 4.78 is 0. The quantitative estimate of drug-likeness (QED) is 0.508. The molecule has 0 aliphatic heterocycles. The molecule has 0 N–H and O–H groups in total. The van der Waals surface area contributed by atoms with E-state index < -0.39 is 0 Å². The number of hydrogen-bond donors (Lipinski definition) is 0. The van der Waals surface area contributed by atoms with Gasteiger partial charge in [0.25, 0.3) is 5.69 Å². The highest BCUT2D eigenvalue weighted by Gasteiger charge is 2.23. The Labute approximate surface area is 84.9 Å². The lowest BCUT2D eigenvalue weighted by Crippen LogP contribution is -2.13. The molecule has 78 valence electrons. The number of nitrogens with zero attached hydrogens (tertiary/aromatic N) is 1. The number of rotatable bonds is 1. The molecule has 0 unspecified atom stereocenters. The third-order valence-corrected chi connectivity index (χ3v) is 1.91. The van der Waals surface area contributed by atoms with Gasteiger partial charge in [-0.05, 0) is 5.41 Å². The molecule has 3 nitrogen and oxygen atoms in total. The van der Waals surface area contributed by atoms with Gasteiger partial charge in [-0.15, -0.1) is 0 Å². The van der Waals surface area contributed by atoms with Gasteiger partial charge in [0.2, 0.25) is 0 Å². The monoisotopic (exact) mass is 195 g/mol. The summed E-state index contributed by atoms with van der Waals surface area (Å²) in [6, 6.07) is 6.86. The Hall–Kier alpha value is -1.38. The topological polar surface area (TPSA) is 43.1 Å². The molecule has 0 spiro atoms. The van der Waals surface area contributed by atoms with E-state index in [1.807, 2.05) is 26.8 Å². The second-order valence-corrected chi connectivity index (χ2v) is 4.02. The molecule has 1 aromatic carbocycles. The molecule has 0 aliphatic rings. The first-order valence-electron chi connectivity index (χ1n) is 4.17. The van der Waals surface area contributed by atoms with Crippen molar-refractivity contribution < 1.29 is 4.92 Å². The summed E-state index contributed by atoms with van der Waals surface area (Å²) in [5.74, 6) is 0. The molecule has 0 radical (unpaired) electrons. The minimum Gasteiger partial charge on any atom is -0.258 e. The SMILES string of the molecule is C.CC(C)(C)c1ccccc1[N+](=O)[O-]. The molecule has 3 heteroatoms. The third kappa shape index (κ3) is 2.55. The van der Waals surface area contributed by atoms with Crippen molar-refractivity contribution in [3.05, 3.63) is 39.9 Å². The van der Waals surface area contributed by atoms with Crippen molar-refractivity contribution in [2.45, 2.75) is 33.6 Å². The van der Waals surface area contributed by atoms with E-state index in [9.17, 15) is 10.1 Å². The molecular weight excluding hydrogens is 178 g/mol. The van der Waals surface area contributed by atoms with E-state index in [2.05, 4.69) is 0 Å². The molecular formula is C11H17NO2. The first-order chi connectivity index (χ1) is 5.93. The molecule has 0 bridgehead atoms. The minimum atomic E-state index is -0.333. The van der Waals surface area contributed by atoms with Crippen LogP contribution in [0.4, 0.5) is 5.69 Å². The molecule has 0 saturated heterocycles. The maximum atomic E-state index is 10.7. The summed E-state index contributed by atoms with van der Waals surface area (Å²) >= 11 is 0. The lowest BCUT2D eigenvalue weighted by atomic mass is 9.86. The zero-order chi connectivity index (χ0) is 10.1. The summed E-state index contributed by atoms with van der Waals surface area (Å²) in [7, 11) is 0. The number of benzene rings is 1. The minimum absolute atomic E-state index is 0. The number of nitro groups is 1. The Morgan fingerprint density at radius 2 is 1.71 bits per heavy atom. The van der Waals surface area contributed by atoms with Crippen LogP contribution in [0.1, 0.15) is 33.8 Å². The number of hydrogen-bond acceptors (Lipinski definition) is 2. The maximum Gasteiger partial charge on any atom is 0.273 e. The van der Waals surface area contributed by atoms with Gasteiger partial charge < -0.3 is 0 Å². The predicted octanol–water partition coefficient (Wildman–Crippen LogP) is 3.53. The first kappa shape index (κ1) is 12.6. The summed E-state index contributed by atoms with van der Waals surface area (Å²) in [4.78, 5) is 10.3. The Morgan fingerprint density at radius 3 is 2.07 bits per heavy atom. The van der Waals surface area contributed by atoms with E-state index in [1.54, 1.807) is 18.2 Å². The van der Waals surface area contributed by atoms with Gasteiger partial charge in [-0.2, -0.15) is 0 Å². The van der Waals surface area contributed by atoms with Gasteiger partial charge in [0.15, 0.2) is 0 Å². The van der Waals surface area contributed by atoms with E-state index in [0.29, 0.717) is 0 Å². The van der Waals surface area contributed by atoms with E-state index >= 15 is 0 Å². The Morgan fingerprint density at radius 1 is 1.21 bits per heavy atom. The Bertz CT molecular complexity index is 326. The van der Waals surface area contributed by atoms with Crippen molar-refractivity contribution >= 4 is 5.69 Å². The fourth-order valence-corrected chi connectivity index (χ4v) is 1.27. The molecule has 1 aromatic rings. The van der Waals surface area contributed by atoms with E-state index in [4.69, 9.17) is 0 Å². The Balaban J connectivity index is 0.00000169. The van der Waals surface area contributed by atoms with Crippen molar-refractivity contribution in [3.8, 4) is 0 Å². The van der Waals surface area contributed by atoms with Gasteiger partial charge in [0.05, 0.1) is 4.92 Å². The van der Waals surface area contributed by atoms with Crippen LogP contribution in [-0.2, 0) is 5.41 Å². The van der Waals surface area contributed by atoms with Crippen molar-refractivity contribution in [2.75, 3.05) is 0 Å². The van der Waals surface area contributed by atoms with Crippen LogP contribution in [0.25, 0.3) is 0 Å². The Kier molecular flexibility index (Phi) is 3.81. The van der Waals surface area contributed by atoms with E-state index in [0.717, 1.165) is 5.56 Å². The summed E-state index contributed by atoms with van der Waals surface area (Å²) in [5.41, 5.74) is 0.805. The molecule has 0 aliphatic carbocycles. The van der Waals surface area contributed by atoms with Crippen molar-refractivity contribution in [3.63, 3.8) is 0 Å². The van der Waals surface area contributed by atoms with Crippen LogP contribution in [0, 0.1) is 10.1 Å². The lowest BCUT2D eigenvalue weighted by Gasteiger charge is -2.18. The highest BCUT2D eigenvalue weighted by Crippen LogP contribution is 2.30. The van der Waals surface area contributed by atoms with Crippen LogP contribution < -0.4 is 0 Å². The molecule has 0 fully saturated rings. The number of para-hydroxylation sites is 1. The van der Waals surface area contributed by atoms with Crippen LogP contribution in [-0.4, -0.2) is 4.92 Å². The van der Waals surface area contributed by atoms with Crippen LogP contribution in [0.5, 0.6) is 0 Å². The smallest absolute Gasteiger partial charge is 0.258 e. The van der Waals surface area contributed by atoms with Crippen LogP contribution in [0.3, 0.4) is 0 Å². The lowest BCUT2D eigenvalue weighted by molar-refractivity contribution is -0.386. The summed E-state index contributed by atoms with van der Waals surface area (Å²) in [6.07, 6.45) is 0. The van der Waals surface area contributed by atoms with Gasteiger partial charge in [0, 0.05) is 11.6 Å². The van der Waals surface area contributed by atoms with Gasteiger partial charge in [-0.3, -0.25) is 10.1 Å². The molecule has 1 rings (SSSR count). The van der Waals surface area contributed by atoms with Crippen molar-refractivity contribution in [2.24, 2.45) is 0 Å². The van der Waals surface area contributed by atoms with Gasteiger partial charge in [-0.1, -0.05) is 46.4 Å². The predicted molar refractivity (Wildman–Crippen MR) is 58.5 cm³/mol. The zero-order valence-corrected chi connectivity index (χ0v) is 8.07. The second kappa shape index (κ2) is 4.22. The normalized spacial score (nSPS) is 10.5. The maximum absolute atomic E-state index is 10.7. The zero-order valence-electron chi connectivity index (χ0n) is 8.07. The fraction of sp³-hybridized carbons (Fsp3) is 0.455. The first-order valence-corrected chi connectivity index (χ1v) is 4.17. The summed E-state index contributed by atoms with van der Waals surface area (Å²) in [6.45, 7) is 5.90. The molecule has 0 amide bonds. The molecule has 0 atom stereocenters. The van der Waals surface area contributed by atoms with E-state index in [-0.39, 0.29) is 23.5 Å². The summed E-state index contributed by atoms with van der Waals surface area (Å²) in [5, 5.41) is 10.7. The number of nitro benzene ring substituents is 1. The van der Waals surface area contributed by atoms with Crippen molar-refractivity contribution in [1.29, 1.82) is 0 Å². The van der Waals surface area contributed by atoms with Gasteiger partial charge in [-0.25, -0.2) is 0 Å².